The van der Waals surface area contributed by atoms with Gasteiger partial charge in [-0.15, -0.1) is 0 Å². The third-order valence-electron chi connectivity index (χ3n) is 3.91. The molecular weight excluding hydrogens is 424 g/mol. The minimum Gasteiger partial charge on any atom is -0.481 e. The monoisotopic (exact) mass is 450 g/mol. The molecule has 0 aromatic heterocycles. The first-order valence-corrected chi connectivity index (χ1v) is 8.92. The molecule has 176 valence electrons. The normalized spacial score (nSPS) is 15.5. The predicted octanol–water partition coefficient (Wildman–Crippen LogP) is -4.43. The first kappa shape index (κ1) is 27.7. The van der Waals surface area contributed by atoms with Crippen LogP contribution in [-0.4, -0.2) is 98.0 Å². The molecule has 0 fully saturated rings. The van der Waals surface area contributed by atoms with Crippen molar-refractivity contribution in [2.75, 3.05) is 6.61 Å². The van der Waals surface area contributed by atoms with Crippen molar-refractivity contribution in [3.8, 4) is 0 Å². The summed E-state index contributed by atoms with van der Waals surface area (Å²) in [6, 6.07) is -6.61. The van der Waals surface area contributed by atoms with Crippen molar-refractivity contribution >= 4 is 35.6 Å². The van der Waals surface area contributed by atoms with Crippen molar-refractivity contribution in [2.24, 2.45) is 5.73 Å². The summed E-state index contributed by atoms with van der Waals surface area (Å²) in [7, 11) is 0. The zero-order valence-corrected chi connectivity index (χ0v) is 16.5. The zero-order chi connectivity index (χ0) is 24.3. The van der Waals surface area contributed by atoms with Gasteiger partial charge in [-0.25, -0.2) is 4.79 Å². The Morgan fingerprint density at radius 3 is 1.71 bits per heavy atom. The maximum Gasteiger partial charge on any atom is 0.328 e. The van der Waals surface area contributed by atoms with Crippen LogP contribution in [0, 0.1) is 0 Å². The lowest BCUT2D eigenvalue weighted by Crippen LogP contribution is -2.58. The number of amides is 3. The molecule has 0 bridgehead atoms. The van der Waals surface area contributed by atoms with Crippen LogP contribution in [0.15, 0.2) is 0 Å². The Morgan fingerprint density at radius 2 is 1.29 bits per heavy atom. The highest BCUT2D eigenvalue weighted by atomic mass is 16.4. The number of rotatable bonds is 14. The first-order chi connectivity index (χ1) is 14.3. The van der Waals surface area contributed by atoms with Crippen LogP contribution in [0.1, 0.15) is 26.2 Å². The van der Waals surface area contributed by atoms with E-state index in [1.807, 2.05) is 16.0 Å². The molecular formula is C16H26N4O11. The third-order valence-corrected chi connectivity index (χ3v) is 3.91. The summed E-state index contributed by atoms with van der Waals surface area (Å²) in [5, 5.41) is 50.9. The number of aliphatic hydroxyl groups is 2. The quantitative estimate of drug-likeness (QED) is 0.121. The number of carboxylic acid groups (broad SMARTS) is 3. The summed E-state index contributed by atoms with van der Waals surface area (Å²) in [4.78, 5) is 69.5. The second kappa shape index (κ2) is 13.1. The van der Waals surface area contributed by atoms with Crippen molar-refractivity contribution in [1.29, 1.82) is 0 Å². The molecule has 5 unspecified atom stereocenters. The standard InChI is InChI=1S/C16H26N4O11/c1-6(22)12(17)15(29)19-8(4-11(25)26)14(28)18-7(2-3-10(23)24)13(27)20-9(5-21)16(30)31/h6-9,12,21-22H,2-5,17H2,1H3,(H,18,28)(H,19,29)(H,20,27)(H,23,24)(H,25,26)(H,30,31). The molecule has 0 aromatic rings. The van der Waals surface area contributed by atoms with E-state index in [2.05, 4.69) is 0 Å². The average Bonchev–Trinajstić information content (AvgIpc) is 2.66. The highest BCUT2D eigenvalue weighted by molar-refractivity contribution is 5.95. The van der Waals surface area contributed by atoms with E-state index < -0.39 is 91.8 Å². The highest BCUT2D eigenvalue weighted by Crippen LogP contribution is 2.03. The molecule has 0 radical (unpaired) electrons. The number of hydrogen-bond donors (Lipinski definition) is 9. The summed E-state index contributed by atoms with van der Waals surface area (Å²) >= 11 is 0. The smallest absolute Gasteiger partial charge is 0.328 e. The van der Waals surface area contributed by atoms with E-state index in [0.29, 0.717) is 0 Å². The van der Waals surface area contributed by atoms with E-state index >= 15 is 0 Å². The lowest BCUT2D eigenvalue weighted by molar-refractivity contribution is -0.144. The maximum atomic E-state index is 12.5. The van der Waals surface area contributed by atoms with Gasteiger partial charge >= 0.3 is 17.9 Å². The first-order valence-electron chi connectivity index (χ1n) is 8.92. The number of carbonyl (C=O) groups is 6. The van der Waals surface area contributed by atoms with Gasteiger partial charge in [0.1, 0.15) is 24.2 Å². The Labute approximate surface area is 175 Å². The molecule has 15 heteroatoms. The van der Waals surface area contributed by atoms with Gasteiger partial charge < -0.3 is 47.2 Å². The van der Waals surface area contributed by atoms with E-state index in [0.717, 1.165) is 0 Å². The number of aliphatic hydroxyl groups excluding tert-OH is 2. The largest absolute Gasteiger partial charge is 0.481 e. The van der Waals surface area contributed by atoms with Crippen LogP contribution in [0.2, 0.25) is 0 Å². The van der Waals surface area contributed by atoms with Gasteiger partial charge in [0.05, 0.1) is 19.1 Å². The van der Waals surface area contributed by atoms with Crippen LogP contribution in [0.25, 0.3) is 0 Å². The fourth-order valence-electron chi connectivity index (χ4n) is 2.14. The molecule has 10 N–H and O–H groups in total. The maximum absolute atomic E-state index is 12.5. The number of nitrogens with two attached hydrogens (primary N) is 1. The van der Waals surface area contributed by atoms with E-state index in [4.69, 9.17) is 26.2 Å². The molecule has 0 aromatic carbocycles. The van der Waals surface area contributed by atoms with Gasteiger partial charge in [0.15, 0.2) is 0 Å². The molecule has 0 aliphatic heterocycles. The van der Waals surface area contributed by atoms with Crippen molar-refractivity contribution in [2.45, 2.75) is 56.5 Å². The molecule has 31 heavy (non-hydrogen) atoms. The molecule has 0 heterocycles. The number of hydrogen-bond acceptors (Lipinski definition) is 9. The summed E-state index contributed by atoms with van der Waals surface area (Å²) < 4.78 is 0. The minimum atomic E-state index is -1.75. The predicted molar refractivity (Wildman–Crippen MR) is 99.3 cm³/mol. The van der Waals surface area contributed by atoms with Crippen LogP contribution >= 0.6 is 0 Å². The fourth-order valence-corrected chi connectivity index (χ4v) is 2.14. The molecule has 0 spiro atoms. The highest BCUT2D eigenvalue weighted by Gasteiger charge is 2.32. The van der Waals surface area contributed by atoms with Crippen molar-refractivity contribution in [3.63, 3.8) is 0 Å². The van der Waals surface area contributed by atoms with E-state index in [-0.39, 0.29) is 0 Å². The van der Waals surface area contributed by atoms with Gasteiger partial charge in [-0.1, -0.05) is 0 Å². The number of carboxylic acids is 3. The van der Waals surface area contributed by atoms with Crippen molar-refractivity contribution in [3.05, 3.63) is 0 Å². The Kier molecular flexibility index (Phi) is 11.7. The second-order valence-electron chi connectivity index (χ2n) is 6.50. The molecule has 0 rings (SSSR count). The van der Waals surface area contributed by atoms with Gasteiger partial charge in [0.2, 0.25) is 17.7 Å². The van der Waals surface area contributed by atoms with Crippen molar-refractivity contribution < 1.29 is 54.3 Å². The molecule has 0 saturated heterocycles. The van der Waals surface area contributed by atoms with Crippen LogP contribution in [0.4, 0.5) is 0 Å². The fraction of sp³-hybridized carbons (Fsp3) is 0.625. The molecule has 0 aliphatic carbocycles. The van der Waals surface area contributed by atoms with Crippen LogP contribution in [-0.2, 0) is 28.8 Å². The van der Waals surface area contributed by atoms with Gasteiger partial charge in [-0.3, -0.25) is 24.0 Å². The average molecular weight is 450 g/mol. The molecule has 15 nitrogen and oxygen atoms in total. The molecule has 3 amide bonds. The topological polar surface area (TPSA) is 266 Å². The Hall–Kier alpha value is -3.30. The number of carbonyl (C=O) groups excluding carboxylic acids is 3. The summed E-state index contributed by atoms with van der Waals surface area (Å²) in [5.74, 6) is -7.87. The van der Waals surface area contributed by atoms with Gasteiger partial charge in [-0.2, -0.15) is 0 Å². The van der Waals surface area contributed by atoms with Gasteiger partial charge in [0, 0.05) is 6.42 Å². The second-order valence-corrected chi connectivity index (χ2v) is 6.50. The molecule has 5 atom stereocenters. The van der Waals surface area contributed by atoms with Crippen molar-refractivity contribution in [1.82, 2.24) is 16.0 Å². The Balaban J connectivity index is 5.51. The van der Waals surface area contributed by atoms with E-state index in [1.165, 1.54) is 6.92 Å². The van der Waals surface area contributed by atoms with Gasteiger partial charge in [0.25, 0.3) is 0 Å². The van der Waals surface area contributed by atoms with Gasteiger partial charge in [-0.05, 0) is 13.3 Å². The van der Waals surface area contributed by atoms with Crippen LogP contribution in [0.5, 0.6) is 0 Å². The summed E-state index contributed by atoms with van der Waals surface area (Å²) in [5.41, 5.74) is 5.42. The lowest BCUT2D eigenvalue weighted by atomic mass is 10.1. The number of aliphatic carboxylic acids is 3. The third kappa shape index (κ3) is 10.3. The minimum absolute atomic E-state index is 0.508. The SMILES string of the molecule is CC(O)C(N)C(=O)NC(CC(=O)O)C(=O)NC(CCC(=O)O)C(=O)NC(CO)C(=O)O. The Morgan fingerprint density at radius 1 is 0.806 bits per heavy atom. The molecule has 0 aliphatic rings. The lowest BCUT2D eigenvalue weighted by Gasteiger charge is -2.24. The van der Waals surface area contributed by atoms with Crippen LogP contribution < -0.4 is 21.7 Å². The summed E-state index contributed by atoms with van der Waals surface area (Å²) in [6.07, 6.45) is -3.40. The Bertz CT molecular complexity index is 697. The number of nitrogens with one attached hydrogen (secondary N) is 3. The van der Waals surface area contributed by atoms with E-state index in [9.17, 15) is 33.9 Å². The van der Waals surface area contributed by atoms with E-state index in [1.54, 1.807) is 0 Å². The molecule has 0 saturated carbocycles. The zero-order valence-electron chi connectivity index (χ0n) is 16.5. The summed E-state index contributed by atoms with van der Waals surface area (Å²) in [6.45, 7) is 0.193. The van der Waals surface area contributed by atoms with Crippen LogP contribution in [0.3, 0.4) is 0 Å².